The lowest BCUT2D eigenvalue weighted by molar-refractivity contribution is -0.117. The third-order valence-electron chi connectivity index (χ3n) is 6.41. The van der Waals surface area contributed by atoms with Crippen LogP contribution in [0.2, 0.25) is 0 Å². The van der Waals surface area contributed by atoms with Crippen molar-refractivity contribution in [2.24, 2.45) is 11.8 Å². The lowest BCUT2D eigenvalue weighted by atomic mass is 9.92. The lowest BCUT2D eigenvalue weighted by Gasteiger charge is -2.17. The number of Topliss-reactive ketones (excluding diaryl/α,β-unsaturated/α-hetero) is 1. The largest absolute Gasteiger partial charge is 0.393 e. The Balaban J connectivity index is 0.000000556. The normalized spacial score (nSPS) is 23.4. The van der Waals surface area contributed by atoms with Crippen molar-refractivity contribution in [1.29, 1.82) is 0 Å². The second-order valence-electron chi connectivity index (χ2n) is 9.54. The van der Waals surface area contributed by atoms with Crippen molar-refractivity contribution in [1.82, 2.24) is 0 Å². The van der Waals surface area contributed by atoms with E-state index < -0.39 is 0 Å². The van der Waals surface area contributed by atoms with Crippen LogP contribution in [0.4, 0.5) is 0 Å². The number of aliphatic hydroxyl groups excluding tert-OH is 4. The van der Waals surface area contributed by atoms with Gasteiger partial charge in [-0.2, -0.15) is 0 Å². The molecule has 1 aliphatic rings. The van der Waals surface area contributed by atoms with Gasteiger partial charge in [-0.3, -0.25) is 0 Å². The number of aliphatic hydroxyl groups is 4. The molecule has 0 radical (unpaired) electrons. The summed E-state index contributed by atoms with van der Waals surface area (Å²) in [4.78, 5) is 10.7. The molecule has 0 spiro atoms. The van der Waals surface area contributed by atoms with Crippen LogP contribution in [0, 0.1) is 11.8 Å². The average Bonchev–Trinajstić information content (AvgIpc) is 3.06. The summed E-state index contributed by atoms with van der Waals surface area (Å²) in [5.74, 6) is 0.585. The highest BCUT2D eigenvalue weighted by molar-refractivity contribution is 5.75. The fourth-order valence-electron chi connectivity index (χ4n) is 3.67. The van der Waals surface area contributed by atoms with E-state index in [1.165, 1.54) is 5.56 Å². The molecule has 1 aromatic carbocycles. The van der Waals surface area contributed by atoms with Crippen LogP contribution in [-0.2, 0) is 11.2 Å². The minimum Gasteiger partial charge on any atom is -0.393 e. The smallest absolute Gasteiger partial charge is 0.129 e. The maximum atomic E-state index is 10.7. The predicted octanol–water partition coefficient (Wildman–Crippen LogP) is 5.24. The SMILES string of the molecule is CC(=O)CCC/C=C\C[C@@H]1C(C)[C@H](O)C[C@@H]1O.CCC(C)O.CC[C@@H](O)CCc1ccccc1. The van der Waals surface area contributed by atoms with Crippen molar-refractivity contribution in [3.05, 3.63) is 48.0 Å². The summed E-state index contributed by atoms with van der Waals surface area (Å²) < 4.78 is 0. The molecule has 196 valence electrons. The Bertz CT molecular complexity index is 643. The number of aryl methyl sites for hydroxylation is 1. The number of unbranched alkanes of at least 4 members (excludes halogenated alkanes) is 1. The van der Waals surface area contributed by atoms with Crippen molar-refractivity contribution in [2.45, 2.75) is 117 Å². The zero-order chi connectivity index (χ0) is 25.9. The Morgan fingerprint density at radius 1 is 1.06 bits per heavy atom. The second kappa shape index (κ2) is 19.7. The first-order chi connectivity index (χ1) is 16.1. The second-order valence-corrected chi connectivity index (χ2v) is 9.54. The summed E-state index contributed by atoms with van der Waals surface area (Å²) in [6, 6.07) is 10.3. The number of carbonyl (C=O) groups excluding carboxylic acids is 1. The molecule has 1 aliphatic carbocycles. The van der Waals surface area contributed by atoms with E-state index in [1.807, 2.05) is 39.0 Å². The number of ketones is 1. The molecular weight excluding hydrogens is 428 g/mol. The Morgan fingerprint density at radius 3 is 2.15 bits per heavy atom. The van der Waals surface area contributed by atoms with Crippen LogP contribution in [0.5, 0.6) is 0 Å². The molecule has 0 aliphatic heterocycles. The summed E-state index contributed by atoms with van der Waals surface area (Å²) in [5, 5.41) is 37.1. The number of carbonyl (C=O) groups is 1. The van der Waals surface area contributed by atoms with Gasteiger partial charge in [0.25, 0.3) is 0 Å². The van der Waals surface area contributed by atoms with Gasteiger partial charge in [0.05, 0.1) is 24.4 Å². The maximum absolute atomic E-state index is 10.7. The lowest BCUT2D eigenvalue weighted by Crippen LogP contribution is -2.18. The molecule has 2 unspecified atom stereocenters. The van der Waals surface area contributed by atoms with E-state index in [1.54, 1.807) is 13.8 Å². The predicted molar refractivity (Wildman–Crippen MR) is 141 cm³/mol. The van der Waals surface area contributed by atoms with Crippen LogP contribution in [0.15, 0.2) is 42.5 Å². The molecule has 4 N–H and O–H groups in total. The van der Waals surface area contributed by atoms with Crippen LogP contribution in [0.25, 0.3) is 0 Å². The third-order valence-corrected chi connectivity index (χ3v) is 6.41. The van der Waals surface area contributed by atoms with Gasteiger partial charge in [-0.1, -0.05) is 63.3 Å². The first-order valence-electron chi connectivity index (χ1n) is 13.0. The van der Waals surface area contributed by atoms with Gasteiger partial charge in [0.2, 0.25) is 0 Å². The first-order valence-corrected chi connectivity index (χ1v) is 13.0. The van der Waals surface area contributed by atoms with Gasteiger partial charge in [-0.25, -0.2) is 0 Å². The molecule has 5 nitrogen and oxygen atoms in total. The molecule has 1 aromatic rings. The van der Waals surface area contributed by atoms with Gasteiger partial charge < -0.3 is 25.2 Å². The van der Waals surface area contributed by atoms with Gasteiger partial charge in [-0.15, -0.1) is 0 Å². The monoisotopic (exact) mass is 478 g/mol. The van der Waals surface area contributed by atoms with Crippen molar-refractivity contribution in [3.8, 4) is 0 Å². The maximum Gasteiger partial charge on any atom is 0.129 e. The highest BCUT2D eigenvalue weighted by Crippen LogP contribution is 2.34. The van der Waals surface area contributed by atoms with Crippen molar-refractivity contribution < 1.29 is 25.2 Å². The fraction of sp³-hybridized carbons (Fsp3) is 0.690. The summed E-state index contributed by atoms with van der Waals surface area (Å²) in [6.45, 7) is 9.34. The molecule has 34 heavy (non-hydrogen) atoms. The molecule has 0 heterocycles. The zero-order valence-corrected chi connectivity index (χ0v) is 22.1. The van der Waals surface area contributed by atoms with Gasteiger partial charge in [0, 0.05) is 6.42 Å². The average molecular weight is 479 g/mol. The summed E-state index contributed by atoms with van der Waals surface area (Å²) in [5.41, 5.74) is 1.31. The molecule has 0 saturated heterocycles. The molecule has 1 saturated carbocycles. The van der Waals surface area contributed by atoms with Crippen LogP contribution in [0.3, 0.4) is 0 Å². The molecule has 0 amide bonds. The van der Waals surface area contributed by atoms with E-state index in [2.05, 4.69) is 24.3 Å². The van der Waals surface area contributed by atoms with Crippen molar-refractivity contribution in [2.75, 3.05) is 0 Å². The minimum absolute atomic E-state index is 0.116. The number of hydrogen-bond donors (Lipinski definition) is 4. The van der Waals surface area contributed by atoms with Gasteiger partial charge in [-0.05, 0) is 82.6 Å². The number of hydrogen-bond acceptors (Lipinski definition) is 5. The van der Waals surface area contributed by atoms with E-state index >= 15 is 0 Å². The van der Waals surface area contributed by atoms with E-state index in [9.17, 15) is 20.1 Å². The topological polar surface area (TPSA) is 98.0 Å². The van der Waals surface area contributed by atoms with Crippen LogP contribution < -0.4 is 0 Å². The molecule has 2 rings (SSSR count). The Morgan fingerprint density at radius 2 is 1.68 bits per heavy atom. The van der Waals surface area contributed by atoms with Gasteiger partial charge >= 0.3 is 0 Å². The van der Waals surface area contributed by atoms with Gasteiger partial charge in [0.15, 0.2) is 0 Å². The highest BCUT2D eigenvalue weighted by Gasteiger charge is 2.37. The molecule has 6 atom stereocenters. The summed E-state index contributed by atoms with van der Waals surface area (Å²) >= 11 is 0. The first kappa shape index (κ1) is 32.5. The highest BCUT2D eigenvalue weighted by atomic mass is 16.3. The summed E-state index contributed by atoms with van der Waals surface area (Å²) in [7, 11) is 0. The van der Waals surface area contributed by atoms with E-state index in [4.69, 9.17) is 5.11 Å². The van der Waals surface area contributed by atoms with Crippen molar-refractivity contribution >= 4 is 5.78 Å². The quantitative estimate of drug-likeness (QED) is 0.258. The van der Waals surface area contributed by atoms with Gasteiger partial charge in [0.1, 0.15) is 5.78 Å². The van der Waals surface area contributed by atoms with E-state index in [-0.39, 0.29) is 42.0 Å². The molecule has 0 aromatic heterocycles. The third kappa shape index (κ3) is 16.2. The van der Waals surface area contributed by atoms with Crippen LogP contribution in [0.1, 0.15) is 91.5 Å². The number of rotatable bonds is 11. The molecule has 1 fully saturated rings. The number of benzene rings is 1. The van der Waals surface area contributed by atoms with E-state index in [0.717, 1.165) is 44.9 Å². The fourth-order valence-corrected chi connectivity index (χ4v) is 3.67. The zero-order valence-electron chi connectivity index (χ0n) is 22.1. The summed E-state index contributed by atoms with van der Waals surface area (Å²) in [6.07, 6.45) is 10.5. The minimum atomic E-state index is -0.373. The van der Waals surface area contributed by atoms with Crippen molar-refractivity contribution in [3.63, 3.8) is 0 Å². The molecular formula is C29H50O5. The Hall–Kier alpha value is -1.53. The van der Waals surface area contributed by atoms with Crippen LogP contribution >= 0.6 is 0 Å². The standard InChI is InChI=1S/C14H24O3.C11H16O.C4H10O/c1-10(15)7-5-3-4-6-8-12-11(2)13(16)9-14(12)17;1-2-11(12)9-8-10-6-4-3-5-7-10;1-3-4(2)5/h4,6,11-14,16-17H,3,5,7-9H2,1-2H3;3-7,11-12H,2,8-9H2,1H3;4-5H,3H2,1-2H3/b6-4-;;/t11?,12-,13-,14+;11-;/m11./s1. The van der Waals surface area contributed by atoms with E-state index in [0.29, 0.717) is 12.8 Å². The Kier molecular flexibility index (Phi) is 18.9. The number of allylic oxidation sites excluding steroid dienone is 2. The van der Waals surface area contributed by atoms with Crippen LogP contribution in [-0.4, -0.2) is 50.6 Å². The molecule has 0 bridgehead atoms. The Labute approximate surface area is 207 Å². The molecule has 5 heteroatoms.